The summed E-state index contributed by atoms with van der Waals surface area (Å²) in [6.45, 7) is 4.38. The average Bonchev–Trinajstić information content (AvgIpc) is 2.91. The molecule has 200 valence electrons. The molecule has 1 atom stereocenters. The van der Waals surface area contributed by atoms with Crippen LogP contribution in [0.3, 0.4) is 0 Å². The highest BCUT2D eigenvalue weighted by Gasteiger charge is 2.32. The highest BCUT2D eigenvalue weighted by atomic mass is 35.5. The first-order valence-electron chi connectivity index (χ1n) is 13.0. The monoisotopic (exact) mass is 530 g/mol. The molecule has 2 fully saturated rings. The molecule has 0 aromatic carbocycles. The summed E-state index contributed by atoms with van der Waals surface area (Å²) in [5.74, 6) is 0.203. The molecule has 0 bridgehead atoms. The van der Waals surface area contributed by atoms with Crippen molar-refractivity contribution in [3.8, 4) is 17.2 Å². The van der Waals surface area contributed by atoms with Gasteiger partial charge < -0.3 is 25.4 Å². The van der Waals surface area contributed by atoms with Gasteiger partial charge in [0.2, 0.25) is 0 Å². The Bertz CT molecular complexity index is 1080. The molecule has 2 aromatic rings. The van der Waals surface area contributed by atoms with E-state index >= 15 is 0 Å². The van der Waals surface area contributed by atoms with Crippen LogP contribution in [0.1, 0.15) is 45.4 Å². The molecule has 0 spiro atoms. The molecular formula is C27H36ClFN6O2. The van der Waals surface area contributed by atoms with E-state index in [4.69, 9.17) is 21.1 Å². The standard InChI is InChI=1S/C27H36ClFN6O2/c1-18(15-36-2)34-20-3-5-21(6-4-20)35-25-12-22(23(29)14-31-25)19-11-24(26(28)32-13-19)33-17-27(16-30)7-9-37-10-8-27/h11-14,18,20-21,33-34H,3-10,15,17H2,1-2H3,(H,31,35). The second-order valence-electron chi connectivity index (χ2n) is 10.2. The highest BCUT2D eigenvalue weighted by molar-refractivity contribution is 6.32. The van der Waals surface area contributed by atoms with Crippen LogP contribution in [0.5, 0.6) is 0 Å². The van der Waals surface area contributed by atoms with Crippen molar-refractivity contribution in [2.24, 2.45) is 5.41 Å². The van der Waals surface area contributed by atoms with Gasteiger partial charge in [-0.15, -0.1) is 0 Å². The van der Waals surface area contributed by atoms with Gasteiger partial charge in [-0.3, -0.25) is 0 Å². The van der Waals surface area contributed by atoms with Crippen molar-refractivity contribution in [1.29, 1.82) is 5.26 Å². The van der Waals surface area contributed by atoms with Gasteiger partial charge in [0.15, 0.2) is 5.15 Å². The number of ether oxygens (including phenoxy) is 2. The van der Waals surface area contributed by atoms with Gasteiger partial charge in [-0.05, 0) is 57.6 Å². The minimum Gasteiger partial charge on any atom is -0.383 e. The quantitative estimate of drug-likeness (QED) is 0.368. The van der Waals surface area contributed by atoms with Crippen molar-refractivity contribution in [1.82, 2.24) is 15.3 Å². The summed E-state index contributed by atoms with van der Waals surface area (Å²) in [5.41, 5.74) is 1.04. The van der Waals surface area contributed by atoms with Gasteiger partial charge in [-0.1, -0.05) is 11.6 Å². The van der Waals surface area contributed by atoms with Crippen LogP contribution >= 0.6 is 11.6 Å². The molecular weight excluding hydrogens is 495 g/mol. The van der Waals surface area contributed by atoms with Gasteiger partial charge in [0.05, 0.1) is 30.0 Å². The maximum Gasteiger partial charge on any atom is 0.152 e. The Hall–Kier alpha value is -2.51. The number of rotatable bonds is 10. The molecule has 2 aliphatic rings. The number of nitriles is 1. The van der Waals surface area contributed by atoms with E-state index in [1.165, 1.54) is 6.20 Å². The lowest BCUT2D eigenvalue weighted by Gasteiger charge is -2.32. The molecule has 1 saturated heterocycles. The molecule has 8 nitrogen and oxygen atoms in total. The van der Waals surface area contributed by atoms with E-state index in [1.807, 2.05) is 0 Å². The van der Waals surface area contributed by atoms with Gasteiger partial charge >= 0.3 is 0 Å². The van der Waals surface area contributed by atoms with E-state index in [0.29, 0.717) is 73.9 Å². The molecule has 0 radical (unpaired) electrons. The van der Waals surface area contributed by atoms with E-state index in [2.05, 4.69) is 38.9 Å². The third-order valence-electron chi connectivity index (χ3n) is 7.33. The molecule has 0 amide bonds. The Morgan fingerprint density at radius 1 is 1.19 bits per heavy atom. The summed E-state index contributed by atoms with van der Waals surface area (Å²) < 4.78 is 25.5. The van der Waals surface area contributed by atoms with Gasteiger partial charge in [0.1, 0.15) is 11.6 Å². The molecule has 37 heavy (non-hydrogen) atoms. The molecule has 3 N–H and O–H groups in total. The van der Waals surface area contributed by atoms with Crippen molar-refractivity contribution in [2.75, 3.05) is 44.1 Å². The summed E-state index contributed by atoms with van der Waals surface area (Å²) in [4.78, 5) is 8.55. The van der Waals surface area contributed by atoms with Crippen LogP contribution in [0.15, 0.2) is 24.5 Å². The molecule has 1 unspecified atom stereocenters. The topological polar surface area (TPSA) is 104 Å². The zero-order chi connectivity index (χ0) is 26.3. The van der Waals surface area contributed by atoms with Crippen molar-refractivity contribution in [3.05, 3.63) is 35.5 Å². The first-order valence-corrected chi connectivity index (χ1v) is 13.3. The summed E-state index contributed by atoms with van der Waals surface area (Å²) in [5, 5.41) is 20.4. The van der Waals surface area contributed by atoms with Crippen LogP contribution in [0.4, 0.5) is 15.9 Å². The average molecular weight is 531 g/mol. The van der Waals surface area contributed by atoms with Crippen LogP contribution in [-0.2, 0) is 9.47 Å². The van der Waals surface area contributed by atoms with Crippen molar-refractivity contribution in [3.63, 3.8) is 0 Å². The number of aromatic nitrogens is 2. The van der Waals surface area contributed by atoms with E-state index in [-0.39, 0.29) is 11.2 Å². The van der Waals surface area contributed by atoms with Crippen molar-refractivity contribution in [2.45, 2.75) is 63.6 Å². The van der Waals surface area contributed by atoms with Crippen LogP contribution in [0, 0.1) is 22.6 Å². The summed E-state index contributed by atoms with van der Waals surface area (Å²) in [7, 11) is 1.72. The number of anilines is 2. The number of hydrogen-bond acceptors (Lipinski definition) is 8. The number of hydrogen-bond donors (Lipinski definition) is 3. The fourth-order valence-corrected chi connectivity index (χ4v) is 5.30. The zero-order valence-electron chi connectivity index (χ0n) is 21.5. The highest BCUT2D eigenvalue weighted by Crippen LogP contribution is 2.33. The predicted octanol–water partition coefficient (Wildman–Crippen LogP) is 5.02. The maximum atomic E-state index is 14.8. The molecule has 1 saturated carbocycles. The van der Waals surface area contributed by atoms with Gasteiger partial charge in [0.25, 0.3) is 0 Å². The Balaban J connectivity index is 1.41. The van der Waals surface area contributed by atoms with Gasteiger partial charge in [-0.2, -0.15) is 5.26 Å². The maximum absolute atomic E-state index is 14.8. The number of halogens is 2. The lowest BCUT2D eigenvalue weighted by molar-refractivity contribution is 0.0456. The van der Waals surface area contributed by atoms with Crippen molar-refractivity contribution < 1.29 is 13.9 Å². The predicted molar refractivity (Wildman–Crippen MR) is 143 cm³/mol. The number of nitrogens with zero attached hydrogens (tertiary/aromatic N) is 3. The molecule has 4 rings (SSSR count). The lowest BCUT2D eigenvalue weighted by atomic mass is 9.81. The van der Waals surface area contributed by atoms with E-state index in [0.717, 1.165) is 25.7 Å². The van der Waals surface area contributed by atoms with E-state index in [1.54, 1.807) is 25.4 Å². The van der Waals surface area contributed by atoms with Crippen LogP contribution in [0.25, 0.3) is 11.1 Å². The van der Waals surface area contributed by atoms with Crippen LogP contribution in [-0.4, -0.2) is 61.6 Å². The van der Waals surface area contributed by atoms with E-state index < -0.39 is 11.2 Å². The largest absolute Gasteiger partial charge is 0.383 e. The first-order chi connectivity index (χ1) is 17.9. The third kappa shape index (κ3) is 7.29. The van der Waals surface area contributed by atoms with Gasteiger partial charge in [0, 0.05) is 62.3 Å². The van der Waals surface area contributed by atoms with Crippen LogP contribution in [0.2, 0.25) is 5.15 Å². The van der Waals surface area contributed by atoms with Gasteiger partial charge in [-0.25, -0.2) is 14.4 Å². The van der Waals surface area contributed by atoms with Crippen molar-refractivity contribution >= 4 is 23.1 Å². The second kappa shape index (κ2) is 12.8. The molecule has 1 aliphatic heterocycles. The van der Waals surface area contributed by atoms with E-state index in [9.17, 15) is 9.65 Å². The molecule has 3 heterocycles. The first kappa shape index (κ1) is 27.5. The summed E-state index contributed by atoms with van der Waals surface area (Å²) in [6.07, 6.45) is 8.24. The minimum absolute atomic E-state index is 0.280. The molecule has 10 heteroatoms. The zero-order valence-corrected chi connectivity index (χ0v) is 22.3. The second-order valence-corrected chi connectivity index (χ2v) is 10.5. The Morgan fingerprint density at radius 3 is 2.62 bits per heavy atom. The SMILES string of the molecule is COCC(C)NC1CCC(Nc2cc(-c3cnc(Cl)c(NCC4(C#N)CCOCC4)c3)c(F)cn2)CC1. The third-order valence-corrected chi connectivity index (χ3v) is 7.63. The minimum atomic E-state index is -0.521. The van der Waals surface area contributed by atoms with Crippen LogP contribution < -0.4 is 16.0 Å². The Labute approximate surface area is 223 Å². The fraction of sp³-hybridized carbons (Fsp3) is 0.593. The smallest absolute Gasteiger partial charge is 0.152 e. The number of nitrogens with one attached hydrogen (secondary N) is 3. The Morgan fingerprint density at radius 2 is 1.92 bits per heavy atom. The normalized spacial score (nSPS) is 22.1. The lowest BCUT2D eigenvalue weighted by Crippen LogP contribution is -2.42. The number of pyridine rings is 2. The fourth-order valence-electron chi connectivity index (χ4n) is 5.13. The molecule has 1 aliphatic carbocycles. The summed E-state index contributed by atoms with van der Waals surface area (Å²) >= 11 is 6.34. The Kier molecular flexibility index (Phi) is 9.54. The number of methoxy groups -OCH3 is 1. The molecule has 2 aromatic heterocycles. The summed E-state index contributed by atoms with van der Waals surface area (Å²) in [6, 6.07) is 7.03.